The highest BCUT2D eigenvalue weighted by atomic mass is 35.5. The van der Waals surface area contributed by atoms with Gasteiger partial charge in [0.05, 0.1) is 9.21 Å². The molecule has 2 atom stereocenters. The van der Waals surface area contributed by atoms with Crippen molar-refractivity contribution < 1.29 is 19.2 Å². The number of amides is 1. The van der Waals surface area contributed by atoms with Crippen LogP contribution in [0.3, 0.4) is 0 Å². The molecule has 0 aromatic carbocycles. The van der Waals surface area contributed by atoms with Gasteiger partial charge in [0.1, 0.15) is 6.04 Å². The Morgan fingerprint density at radius 3 is 2.77 bits per heavy atom. The van der Waals surface area contributed by atoms with Gasteiger partial charge >= 0.3 is 5.97 Å². The second-order valence-corrected chi connectivity index (χ2v) is 6.57. The second kappa shape index (κ2) is 6.93. The van der Waals surface area contributed by atoms with Crippen molar-refractivity contribution in [2.45, 2.75) is 26.3 Å². The number of aliphatic carboxylic acids is 1. The smallest absolute Gasteiger partial charge is 0.326 e. The third-order valence-electron chi connectivity index (χ3n) is 3.32. The van der Waals surface area contributed by atoms with E-state index in [0.29, 0.717) is 16.5 Å². The molecule has 2 aromatic heterocycles. The molecule has 0 spiro atoms. The predicted octanol–water partition coefficient (Wildman–Crippen LogP) is 3.29. The van der Waals surface area contributed by atoms with Crippen LogP contribution in [0.15, 0.2) is 22.7 Å². The van der Waals surface area contributed by atoms with Crippen LogP contribution >= 0.6 is 22.9 Å². The Hall–Kier alpha value is -1.86. The Balaban J connectivity index is 2.13. The van der Waals surface area contributed by atoms with Gasteiger partial charge in [0.2, 0.25) is 0 Å². The Morgan fingerprint density at radius 1 is 1.50 bits per heavy atom. The van der Waals surface area contributed by atoms with E-state index in [0.717, 1.165) is 4.88 Å². The molecule has 0 radical (unpaired) electrons. The van der Waals surface area contributed by atoms with Crippen LogP contribution in [0, 0.1) is 5.92 Å². The fourth-order valence-corrected chi connectivity index (χ4v) is 2.83. The number of carbonyl (C=O) groups excluding carboxylic acids is 1. The van der Waals surface area contributed by atoms with Crippen LogP contribution in [-0.2, 0) is 4.79 Å². The third kappa shape index (κ3) is 3.66. The molecular formula is C14H15ClN2O4S. The van der Waals surface area contributed by atoms with Crippen molar-refractivity contribution in [3.05, 3.63) is 28.2 Å². The number of hydrogen-bond acceptors (Lipinski definition) is 5. The topological polar surface area (TPSA) is 92.4 Å². The molecule has 0 aliphatic carbocycles. The van der Waals surface area contributed by atoms with Crippen molar-refractivity contribution in [1.82, 2.24) is 10.5 Å². The van der Waals surface area contributed by atoms with Crippen LogP contribution in [0.1, 0.15) is 30.8 Å². The van der Waals surface area contributed by atoms with Gasteiger partial charge in [-0.2, -0.15) is 0 Å². The number of carboxylic acids is 1. The summed E-state index contributed by atoms with van der Waals surface area (Å²) in [7, 11) is 0. The molecule has 0 fully saturated rings. The largest absolute Gasteiger partial charge is 0.480 e. The minimum atomic E-state index is -1.07. The predicted molar refractivity (Wildman–Crippen MR) is 83.2 cm³/mol. The molecule has 8 heteroatoms. The molecule has 0 unspecified atom stereocenters. The van der Waals surface area contributed by atoms with E-state index in [4.69, 9.17) is 16.1 Å². The lowest BCUT2D eigenvalue weighted by Gasteiger charge is -2.19. The Kier molecular flexibility index (Phi) is 5.20. The number of hydrogen-bond donors (Lipinski definition) is 2. The van der Waals surface area contributed by atoms with Gasteiger partial charge in [0.15, 0.2) is 11.5 Å². The lowest BCUT2D eigenvalue weighted by Crippen LogP contribution is -2.45. The van der Waals surface area contributed by atoms with Gasteiger partial charge in [-0.3, -0.25) is 4.79 Å². The van der Waals surface area contributed by atoms with Crippen LogP contribution < -0.4 is 5.32 Å². The van der Waals surface area contributed by atoms with E-state index in [-0.39, 0.29) is 11.6 Å². The molecule has 2 heterocycles. The van der Waals surface area contributed by atoms with Crippen LogP contribution in [0.4, 0.5) is 0 Å². The Labute approximate surface area is 136 Å². The maximum absolute atomic E-state index is 12.1. The molecule has 0 aliphatic heterocycles. The molecule has 6 nitrogen and oxygen atoms in total. The van der Waals surface area contributed by atoms with Crippen molar-refractivity contribution >= 4 is 34.8 Å². The first-order valence-electron chi connectivity index (χ1n) is 6.68. The van der Waals surface area contributed by atoms with Gasteiger partial charge in [-0.15, -0.1) is 11.3 Å². The van der Waals surface area contributed by atoms with E-state index in [1.54, 1.807) is 19.1 Å². The quantitative estimate of drug-likeness (QED) is 0.840. The summed E-state index contributed by atoms with van der Waals surface area (Å²) in [6, 6.07) is 3.98. The highest BCUT2D eigenvalue weighted by Gasteiger charge is 2.27. The molecule has 0 bridgehead atoms. The molecule has 0 saturated carbocycles. The zero-order chi connectivity index (χ0) is 16.3. The number of aromatic nitrogens is 1. The van der Waals surface area contributed by atoms with Crippen LogP contribution in [0.5, 0.6) is 0 Å². The lowest BCUT2D eigenvalue weighted by atomic mass is 9.99. The van der Waals surface area contributed by atoms with Crippen LogP contribution in [0.25, 0.3) is 10.6 Å². The van der Waals surface area contributed by atoms with Gasteiger partial charge < -0.3 is 14.9 Å². The summed E-state index contributed by atoms with van der Waals surface area (Å²) in [5.41, 5.74) is 0.0362. The number of thiophene rings is 1. The number of halogens is 1. The fourth-order valence-electron chi connectivity index (χ4n) is 1.84. The monoisotopic (exact) mass is 342 g/mol. The average molecular weight is 343 g/mol. The summed E-state index contributed by atoms with van der Waals surface area (Å²) >= 11 is 7.15. The molecule has 1 amide bonds. The fraction of sp³-hybridized carbons (Fsp3) is 0.357. The van der Waals surface area contributed by atoms with Gasteiger partial charge in [-0.25, -0.2) is 4.79 Å². The van der Waals surface area contributed by atoms with Gasteiger partial charge in [-0.05, 0) is 18.1 Å². The summed E-state index contributed by atoms with van der Waals surface area (Å²) in [5.74, 6) is -1.43. The van der Waals surface area contributed by atoms with E-state index in [1.807, 2.05) is 6.92 Å². The first-order chi connectivity index (χ1) is 10.4. The van der Waals surface area contributed by atoms with Crippen molar-refractivity contribution in [2.24, 2.45) is 5.92 Å². The Bertz CT molecular complexity index is 682. The second-order valence-electron chi connectivity index (χ2n) is 4.86. The van der Waals surface area contributed by atoms with E-state index < -0.39 is 17.9 Å². The molecule has 0 saturated heterocycles. The van der Waals surface area contributed by atoms with E-state index in [1.165, 1.54) is 17.4 Å². The lowest BCUT2D eigenvalue weighted by molar-refractivity contribution is -0.140. The van der Waals surface area contributed by atoms with E-state index >= 15 is 0 Å². The van der Waals surface area contributed by atoms with E-state index in [2.05, 4.69) is 10.5 Å². The molecule has 118 valence electrons. The van der Waals surface area contributed by atoms with Crippen LogP contribution in [0.2, 0.25) is 4.34 Å². The van der Waals surface area contributed by atoms with Gasteiger partial charge in [-0.1, -0.05) is 37.0 Å². The minimum Gasteiger partial charge on any atom is -0.480 e. The van der Waals surface area contributed by atoms with Gasteiger partial charge in [0, 0.05) is 6.07 Å². The Morgan fingerprint density at radius 2 is 2.23 bits per heavy atom. The summed E-state index contributed by atoms with van der Waals surface area (Å²) in [6.07, 6.45) is 0.634. The summed E-state index contributed by atoms with van der Waals surface area (Å²) < 4.78 is 5.70. The highest BCUT2D eigenvalue weighted by molar-refractivity contribution is 7.19. The minimum absolute atomic E-state index is 0.0362. The normalized spacial score (nSPS) is 13.6. The average Bonchev–Trinajstić information content (AvgIpc) is 3.11. The maximum atomic E-state index is 12.1. The van der Waals surface area contributed by atoms with Gasteiger partial charge in [0.25, 0.3) is 5.91 Å². The molecule has 2 rings (SSSR count). The van der Waals surface area contributed by atoms with Crippen molar-refractivity contribution in [1.29, 1.82) is 0 Å². The number of carbonyl (C=O) groups is 2. The molecule has 2 aromatic rings. The number of nitrogens with one attached hydrogen (secondary N) is 1. The number of rotatable bonds is 6. The van der Waals surface area contributed by atoms with Crippen molar-refractivity contribution in [3.8, 4) is 10.6 Å². The summed E-state index contributed by atoms with van der Waals surface area (Å²) in [6.45, 7) is 3.63. The number of carboxylic acid groups (broad SMARTS) is 1. The SMILES string of the molecule is CC[C@H](C)[C@H](NC(=O)c1cc(-c2ccc(Cl)s2)on1)C(=O)O. The van der Waals surface area contributed by atoms with Crippen molar-refractivity contribution in [2.75, 3.05) is 0 Å². The third-order valence-corrected chi connectivity index (χ3v) is 4.57. The summed E-state index contributed by atoms with van der Waals surface area (Å²) in [4.78, 5) is 24.1. The van der Waals surface area contributed by atoms with Crippen LogP contribution in [-0.4, -0.2) is 28.2 Å². The number of nitrogens with zero attached hydrogens (tertiary/aromatic N) is 1. The molecule has 2 N–H and O–H groups in total. The molecular weight excluding hydrogens is 328 g/mol. The molecule has 22 heavy (non-hydrogen) atoms. The van der Waals surface area contributed by atoms with E-state index in [9.17, 15) is 14.7 Å². The zero-order valence-corrected chi connectivity index (χ0v) is 13.6. The first-order valence-corrected chi connectivity index (χ1v) is 7.88. The summed E-state index contributed by atoms with van der Waals surface area (Å²) in [5, 5.41) is 15.3. The highest BCUT2D eigenvalue weighted by Crippen LogP contribution is 2.31. The van der Waals surface area contributed by atoms with Crippen molar-refractivity contribution in [3.63, 3.8) is 0 Å². The standard InChI is InChI=1S/C14H15ClN2O4S/c1-3-7(2)12(14(19)20)16-13(18)8-6-9(21-17-8)10-4-5-11(15)22-10/h4-7,12H,3H2,1-2H3,(H,16,18)(H,19,20)/t7-,12-/m0/s1. The molecule has 0 aliphatic rings. The zero-order valence-electron chi connectivity index (χ0n) is 12.0. The maximum Gasteiger partial charge on any atom is 0.326 e. The first kappa shape index (κ1) is 16.5.